The highest BCUT2D eigenvalue weighted by atomic mass is 16.7. The number of pyridine rings is 2. The number of hydrogen-bond acceptors (Lipinski definition) is 7. The first kappa shape index (κ1) is 30.3. The Morgan fingerprint density at radius 3 is 1.66 bits per heavy atom. The molecule has 0 saturated heterocycles. The Balaban J connectivity index is 0.000000228. The van der Waals surface area contributed by atoms with Crippen molar-refractivity contribution in [3.8, 4) is 11.5 Å². The molecule has 9 heteroatoms. The van der Waals surface area contributed by atoms with Gasteiger partial charge in [0.25, 0.3) is 5.91 Å². The van der Waals surface area contributed by atoms with Crippen molar-refractivity contribution >= 4 is 24.0 Å². The number of hydrogen-bond donors (Lipinski definition) is 1. The second-order valence-corrected chi connectivity index (χ2v) is 8.48. The molecule has 0 saturated carbocycles. The number of amides is 1. The van der Waals surface area contributed by atoms with Crippen LogP contribution in [0.5, 0.6) is 11.5 Å². The van der Waals surface area contributed by atoms with Gasteiger partial charge < -0.3 is 14.6 Å². The third-order valence-electron chi connectivity index (χ3n) is 5.39. The molecule has 41 heavy (non-hydrogen) atoms. The molecule has 0 radical (unpaired) electrons. The second-order valence-electron chi connectivity index (χ2n) is 8.48. The lowest BCUT2D eigenvalue weighted by molar-refractivity contribution is -0.162. The summed E-state index contributed by atoms with van der Waals surface area (Å²) in [5.41, 5.74) is 3.62. The number of carboxylic acids is 1. The third-order valence-corrected chi connectivity index (χ3v) is 5.39. The molecule has 0 unspecified atom stereocenters. The van der Waals surface area contributed by atoms with Gasteiger partial charge in [0.05, 0.1) is 19.5 Å². The van der Waals surface area contributed by atoms with E-state index in [-0.39, 0.29) is 5.91 Å². The largest absolute Gasteiger partial charge is 0.487 e. The number of rotatable bonds is 11. The van der Waals surface area contributed by atoms with Crippen LogP contribution in [0.4, 0.5) is 0 Å². The van der Waals surface area contributed by atoms with Crippen molar-refractivity contribution in [2.75, 3.05) is 14.2 Å². The van der Waals surface area contributed by atoms with Crippen LogP contribution in [0.3, 0.4) is 0 Å². The zero-order valence-electron chi connectivity index (χ0n) is 22.8. The quantitative estimate of drug-likeness (QED) is 0.193. The molecule has 2 aromatic carbocycles. The van der Waals surface area contributed by atoms with Crippen molar-refractivity contribution < 1.29 is 29.0 Å². The number of carbonyl (C=O) groups excluding carboxylic acids is 1. The summed E-state index contributed by atoms with van der Waals surface area (Å²) >= 11 is 0. The fraction of sp³-hybridized carbons (Fsp3) is 0.125. The molecule has 1 N–H and O–H groups in total. The zero-order chi connectivity index (χ0) is 29.3. The highest BCUT2D eigenvalue weighted by Crippen LogP contribution is 2.15. The minimum absolute atomic E-state index is 0.252. The highest BCUT2D eigenvalue weighted by molar-refractivity contribution is 5.90. The normalized spacial score (nSPS) is 10.6. The summed E-state index contributed by atoms with van der Waals surface area (Å²) in [6.07, 6.45) is 12.1. The Labute approximate surface area is 238 Å². The smallest absolute Gasteiger partial charge is 0.328 e. The molecular formula is C32H31N3O6. The zero-order valence-corrected chi connectivity index (χ0v) is 22.8. The third kappa shape index (κ3) is 11.6. The second kappa shape index (κ2) is 16.6. The Bertz CT molecular complexity index is 1440. The molecule has 0 aliphatic rings. The lowest BCUT2D eigenvalue weighted by Gasteiger charge is -2.10. The van der Waals surface area contributed by atoms with E-state index in [1.54, 1.807) is 44.0 Å². The van der Waals surface area contributed by atoms with E-state index < -0.39 is 5.97 Å². The number of carbonyl (C=O) groups is 2. The maximum absolute atomic E-state index is 11.6. The summed E-state index contributed by atoms with van der Waals surface area (Å²) < 4.78 is 11.3. The van der Waals surface area contributed by atoms with Gasteiger partial charge in [-0.15, -0.1) is 0 Å². The van der Waals surface area contributed by atoms with E-state index in [9.17, 15) is 9.59 Å². The molecular weight excluding hydrogens is 522 g/mol. The van der Waals surface area contributed by atoms with Crippen molar-refractivity contribution in [3.63, 3.8) is 0 Å². The standard InChI is InChI=1S/C17H18N2O3.C15H13NO3/c1-19(21-2)17(20)9-8-15-10-16(12-18-11-15)22-13-14-6-4-3-5-7-14;17-15(18)7-6-13-8-14(10-16-9-13)19-11-12-4-2-1-3-5-12/h3-12H,13H2,1-2H3;1-10H,11H2,(H,17,18)/b9-8+;7-6+. The Morgan fingerprint density at radius 2 is 1.22 bits per heavy atom. The summed E-state index contributed by atoms with van der Waals surface area (Å²) in [5, 5.41) is 9.70. The van der Waals surface area contributed by atoms with E-state index in [0.717, 1.165) is 27.8 Å². The van der Waals surface area contributed by atoms with E-state index in [1.165, 1.54) is 19.3 Å². The summed E-state index contributed by atoms with van der Waals surface area (Å²) in [7, 11) is 2.98. The lowest BCUT2D eigenvalue weighted by atomic mass is 10.2. The van der Waals surface area contributed by atoms with Crippen LogP contribution in [-0.4, -0.2) is 46.2 Å². The first-order valence-corrected chi connectivity index (χ1v) is 12.6. The maximum Gasteiger partial charge on any atom is 0.328 e. The molecule has 4 aromatic rings. The van der Waals surface area contributed by atoms with Gasteiger partial charge in [0, 0.05) is 31.6 Å². The minimum atomic E-state index is -0.990. The first-order valence-electron chi connectivity index (χ1n) is 12.6. The van der Waals surface area contributed by atoms with Crippen molar-refractivity contribution in [2.24, 2.45) is 0 Å². The topological polar surface area (TPSA) is 111 Å². The summed E-state index contributed by atoms with van der Waals surface area (Å²) in [5.74, 6) is 0.0173. The predicted molar refractivity (Wildman–Crippen MR) is 156 cm³/mol. The van der Waals surface area contributed by atoms with E-state index in [4.69, 9.17) is 19.4 Å². The molecule has 210 valence electrons. The number of nitrogens with zero attached hydrogens (tertiary/aromatic N) is 3. The van der Waals surface area contributed by atoms with E-state index in [2.05, 4.69) is 9.97 Å². The van der Waals surface area contributed by atoms with E-state index in [1.807, 2.05) is 66.7 Å². The van der Waals surface area contributed by atoms with Crippen LogP contribution in [0.15, 0.2) is 110 Å². The van der Waals surface area contributed by atoms with E-state index in [0.29, 0.717) is 30.3 Å². The summed E-state index contributed by atoms with van der Waals surface area (Å²) in [6, 6.07) is 23.2. The fourth-order valence-electron chi connectivity index (χ4n) is 3.22. The lowest BCUT2D eigenvalue weighted by Crippen LogP contribution is -2.22. The van der Waals surface area contributed by atoms with Gasteiger partial charge in [-0.1, -0.05) is 60.7 Å². The van der Waals surface area contributed by atoms with Gasteiger partial charge in [0.2, 0.25) is 0 Å². The maximum atomic E-state index is 11.6. The number of ether oxygens (including phenoxy) is 2. The molecule has 0 spiro atoms. The van der Waals surface area contributed by atoms with Gasteiger partial charge in [-0.05, 0) is 46.5 Å². The summed E-state index contributed by atoms with van der Waals surface area (Å²) in [4.78, 5) is 35.0. The highest BCUT2D eigenvalue weighted by Gasteiger charge is 2.03. The van der Waals surface area contributed by atoms with Gasteiger partial charge in [0.1, 0.15) is 24.7 Å². The van der Waals surface area contributed by atoms with Gasteiger partial charge in [-0.25, -0.2) is 9.86 Å². The van der Waals surface area contributed by atoms with Crippen molar-refractivity contribution in [2.45, 2.75) is 13.2 Å². The number of likely N-dealkylation sites (N-methyl/N-ethyl adjacent to an activating group) is 1. The van der Waals surface area contributed by atoms with E-state index >= 15 is 0 Å². The molecule has 0 aliphatic heterocycles. The Kier molecular flexibility index (Phi) is 12.3. The van der Waals surface area contributed by atoms with Crippen LogP contribution >= 0.6 is 0 Å². The van der Waals surface area contributed by atoms with Gasteiger partial charge in [0.15, 0.2) is 0 Å². The van der Waals surface area contributed by atoms with Crippen LogP contribution in [0.25, 0.3) is 12.2 Å². The number of carboxylic acid groups (broad SMARTS) is 1. The van der Waals surface area contributed by atoms with Crippen LogP contribution in [0.2, 0.25) is 0 Å². The fourth-order valence-corrected chi connectivity index (χ4v) is 3.22. The first-order chi connectivity index (χ1) is 19.9. The van der Waals surface area contributed by atoms with Gasteiger partial charge in [-0.3, -0.25) is 19.6 Å². The van der Waals surface area contributed by atoms with Crippen LogP contribution in [0, 0.1) is 0 Å². The number of benzene rings is 2. The van der Waals surface area contributed by atoms with Gasteiger partial charge in [-0.2, -0.15) is 0 Å². The molecule has 0 aliphatic carbocycles. The van der Waals surface area contributed by atoms with Crippen LogP contribution in [0.1, 0.15) is 22.3 Å². The molecule has 9 nitrogen and oxygen atoms in total. The molecule has 0 atom stereocenters. The van der Waals surface area contributed by atoms with Crippen LogP contribution in [-0.2, 0) is 27.6 Å². The molecule has 0 fully saturated rings. The van der Waals surface area contributed by atoms with Crippen LogP contribution < -0.4 is 9.47 Å². The number of aromatic nitrogens is 2. The number of hydroxylamine groups is 2. The molecule has 1 amide bonds. The Hall–Kier alpha value is -5.28. The molecule has 2 aromatic heterocycles. The molecule has 4 rings (SSSR count). The van der Waals surface area contributed by atoms with Crippen molar-refractivity contribution in [1.29, 1.82) is 0 Å². The number of aliphatic carboxylic acids is 1. The SMILES string of the molecule is CON(C)C(=O)/C=C/c1cncc(OCc2ccccc2)c1.O=C(O)/C=C/c1cncc(OCc2ccccc2)c1. The van der Waals surface area contributed by atoms with Crippen molar-refractivity contribution in [1.82, 2.24) is 15.0 Å². The average molecular weight is 554 g/mol. The molecule has 0 bridgehead atoms. The monoisotopic (exact) mass is 553 g/mol. The van der Waals surface area contributed by atoms with Gasteiger partial charge >= 0.3 is 5.97 Å². The summed E-state index contributed by atoms with van der Waals surface area (Å²) in [6.45, 7) is 0.926. The molecule has 2 heterocycles. The Morgan fingerprint density at radius 1 is 0.756 bits per heavy atom. The average Bonchev–Trinajstić information content (AvgIpc) is 3.02. The van der Waals surface area contributed by atoms with Crippen molar-refractivity contribution in [3.05, 3.63) is 132 Å². The predicted octanol–water partition coefficient (Wildman–Crippen LogP) is 5.45. The minimum Gasteiger partial charge on any atom is -0.487 e.